The van der Waals surface area contributed by atoms with Crippen molar-refractivity contribution >= 4 is 5.91 Å². The van der Waals surface area contributed by atoms with Gasteiger partial charge in [0.2, 0.25) is 0 Å². The Morgan fingerprint density at radius 3 is 2.54 bits per heavy atom. The van der Waals surface area contributed by atoms with E-state index in [1.54, 1.807) is 32.4 Å². The van der Waals surface area contributed by atoms with Crippen LogP contribution in [0.15, 0.2) is 36.4 Å². The van der Waals surface area contributed by atoms with Crippen molar-refractivity contribution in [3.8, 4) is 23.0 Å². The van der Waals surface area contributed by atoms with Gasteiger partial charge in [0.05, 0.1) is 14.2 Å². The maximum Gasteiger partial charge on any atom is 0.251 e. The van der Waals surface area contributed by atoms with Gasteiger partial charge in [0.15, 0.2) is 23.0 Å². The van der Waals surface area contributed by atoms with Crippen molar-refractivity contribution in [1.29, 1.82) is 0 Å². The lowest BCUT2D eigenvalue weighted by Gasteiger charge is -2.18. The highest BCUT2D eigenvalue weighted by Crippen LogP contribution is 2.30. The summed E-state index contributed by atoms with van der Waals surface area (Å²) in [6.45, 7) is 1.62. The molecule has 2 aromatic carbocycles. The van der Waals surface area contributed by atoms with Crippen LogP contribution in [0, 0.1) is 0 Å². The number of carbonyl (C=O) groups excluding carboxylic acids is 1. The molecule has 1 heterocycles. The molecule has 1 amide bonds. The quantitative estimate of drug-likeness (QED) is 0.772. The van der Waals surface area contributed by atoms with Crippen LogP contribution in [0.3, 0.4) is 0 Å². The molecular formula is C20H23NO5. The molecule has 0 fully saturated rings. The SMILES string of the molecule is COc1ccc(CCCNC(=O)c2ccc3c(c2)OCCO3)cc1OC. The second-order valence-electron chi connectivity index (χ2n) is 5.91. The summed E-state index contributed by atoms with van der Waals surface area (Å²) < 4.78 is 21.5. The van der Waals surface area contributed by atoms with Crippen LogP contribution in [0.25, 0.3) is 0 Å². The number of methoxy groups -OCH3 is 2. The van der Waals surface area contributed by atoms with Gasteiger partial charge >= 0.3 is 0 Å². The molecule has 0 saturated carbocycles. The highest BCUT2D eigenvalue weighted by Gasteiger charge is 2.14. The van der Waals surface area contributed by atoms with Gasteiger partial charge in [-0.05, 0) is 48.7 Å². The third-order valence-electron chi connectivity index (χ3n) is 4.18. The van der Waals surface area contributed by atoms with E-state index in [4.69, 9.17) is 18.9 Å². The fourth-order valence-electron chi connectivity index (χ4n) is 2.82. The smallest absolute Gasteiger partial charge is 0.251 e. The molecule has 6 heteroatoms. The van der Waals surface area contributed by atoms with E-state index in [2.05, 4.69) is 5.32 Å². The number of amides is 1. The zero-order chi connectivity index (χ0) is 18.4. The number of hydrogen-bond acceptors (Lipinski definition) is 5. The number of carbonyl (C=O) groups is 1. The summed E-state index contributed by atoms with van der Waals surface area (Å²) in [6.07, 6.45) is 1.66. The Bertz CT molecular complexity index is 775. The molecule has 3 rings (SSSR count). The van der Waals surface area contributed by atoms with E-state index in [-0.39, 0.29) is 5.91 Å². The fourth-order valence-corrected chi connectivity index (χ4v) is 2.82. The van der Waals surface area contributed by atoms with Crippen LogP contribution < -0.4 is 24.3 Å². The highest BCUT2D eigenvalue weighted by molar-refractivity contribution is 5.94. The molecule has 0 saturated heterocycles. The van der Waals surface area contributed by atoms with Crippen LogP contribution in [0.1, 0.15) is 22.3 Å². The molecule has 1 aliphatic heterocycles. The summed E-state index contributed by atoms with van der Waals surface area (Å²) in [5.41, 5.74) is 1.71. The van der Waals surface area contributed by atoms with E-state index in [9.17, 15) is 4.79 Å². The lowest BCUT2D eigenvalue weighted by molar-refractivity contribution is 0.0952. The molecule has 26 heavy (non-hydrogen) atoms. The minimum atomic E-state index is -0.116. The maximum atomic E-state index is 12.3. The first-order chi connectivity index (χ1) is 12.7. The normalized spacial score (nSPS) is 12.4. The third-order valence-corrected chi connectivity index (χ3v) is 4.18. The molecule has 1 N–H and O–H groups in total. The van der Waals surface area contributed by atoms with E-state index in [1.807, 2.05) is 18.2 Å². The molecule has 0 bridgehead atoms. The van der Waals surface area contributed by atoms with Gasteiger partial charge in [0.25, 0.3) is 5.91 Å². The largest absolute Gasteiger partial charge is 0.493 e. The Balaban J connectivity index is 1.50. The number of aryl methyl sites for hydroxylation is 1. The average Bonchev–Trinajstić information content (AvgIpc) is 2.70. The van der Waals surface area contributed by atoms with Gasteiger partial charge in [-0.25, -0.2) is 0 Å². The van der Waals surface area contributed by atoms with Crippen molar-refractivity contribution in [3.05, 3.63) is 47.5 Å². The van der Waals surface area contributed by atoms with Crippen molar-refractivity contribution in [2.45, 2.75) is 12.8 Å². The first-order valence-electron chi connectivity index (χ1n) is 8.60. The molecule has 0 unspecified atom stereocenters. The molecule has 0 aliphatic carbocycles. The zero-order valence-electron chi connectivity index (χ0n) is 15.0. The average molecular weight is 357 g/mol. The van der Waals surface area contributed by atoms with Crippen molar-refractivity contribution in [2.24, 2.45) is 0 Å². The molecule has 6 nitrogen and oxygen atoms in total. The molecule has 138 valence electrons. The van der Waals surface area contributed by atoms with Crippen LogP contribution >= 0.6 is 0 Å². The van der Waals surface area contributed by atoms with Crippen molar-refractivity contribution in [2.75, 3.05) is 34.0 Å². The maximum absolute atomic E-state index is 12.3. The van der Waals surface area contributed by atoms with Gasteiger partial charge in [-0.2, -0.15) is 0 Å². The van der Waals surface area contributed by atoms with E-state index >= 15 is 0 Å². The fraction of sp³-hybridized carbons (Fsp3) is 0.350. The van der Waals surface area contributed by atoms with Crippen LogP contribution in [-0.2, 0) is 6.42 Å². The number of fused-ring (bicyclic) bond motifs is 1. The summed E-state index contributed by atoms with van der Waals surface area (Å²) in [6, 6.07) is 11.1. The molecule has 0 radical (unpaired) electrons. The van der Waals surface area contributed by atoms with Gasteiger partial charge in [0.1, 0.15) is 13.2 Å². The minimum Gasteiger partial charge on any atom is -0.493 e. The van der Waals surface area contributed by atoms with Crippen molar-refractivity contribution < 1.29 is 23.7 Å². The third kappa shape index (κ3) is 4.20. The van der Waals surface area contributed by atoms with E-state index in [0.29, 0.717) is 48.3 Å². The van der Waals surface area contributed by atoms with Gasteiger partial charge in [-0.1, -0.05) is 6.07 Å². The van der Waals surface area contributed by atoms with Crippen molar-refractivity contribution in [3.63, 3.8) is 0 Å². The second-order valence-corrected chi connectivity index (χ2v) is 5.91. The first-order valence-corrected chi connectivity index (χ1v) is 8.60. The highest BCUT2D eigenvalue weighted by atomic mass is 16.6. The molecule has 0 atom stereocenters. The zero-order valence-corrected chi connectivity index (χ0v) is 15.0. The van der Waals surface area contributed by atoms with E-state index in [0.717, 1.165) is 18.4 Å². The monoisotopic (exact) mass is 357 g/mol. The summed E-state index contributed by atoms with van der Waals surface area (Å²) in [5, 5.41) is 2.94. The van der Waals surface area contributed by atoms with Gasteiger partial charge in [-0.3, -0.25) is 4.79 Å². The number of benzene rings is 2. The van der Waals surface area contributed by atoms with Gasteiger partial charge < -0.3 is 24.3 Å². The Morgan fingerprint density at radius 2 is 1.77 bits per heavy atom. The lowest BCUT2D eigenvalue weighted by Crippen LogP contribution is -2.25. The standard InChI is InChI=1S/C20H23NO5/c1-23-16-7-5-14(12-18(16)24-2)4-3-9-21-20(22)15-6-8-17-19(13-15)26-11-10-25-17/h5-8,12-13H,3-4,9-11H2,1-2H3,(H,21,22). The number of hydrogen-bond donors (Lipinski definition) is 1. The topological polar surface area (TPSA) is 66.0 Å². The minimum absolute atomic E-state index is 0.116. The Kier molecular flexibility index (Phi) is 5.84. The van der Waals surface area contributed by atoms with Crippen LogP contribution in [0.2, 0.25) is 0 Å². The first kappa shape index (κ1) is 17.9. The van der Waals surface area contributed by atoms with Crippen LogP contribution in [-0.4, -0.2) is 39.9 Å². The van der Waals surface area contributed by atoms with E-state index < -0.39 is 0 Å². The predicted octanol–water partition coefficient (Wildman–Crippen LogP) is 2.84. The molecule has 1 aliphatic rings. The predicted molar refractivity (Wildman–Crippen MR) is 97.6 cm³/mol. The number of nitrogens with one attached hydrogen (secondary N) is 1. The second kappa shape index (κ2) is 8.47. The van der Waals surface area contributed by atoms with Crippen LogP contribution in [0.5, 0.6) is 23.0 Å². The Hall–Kier alpha value is -2.89. The lowest BCUT2D eigenvalue weighted by atomic mass is 10.1. The number of ether oxygens (including phenoxy) is 4. The summed E-state index contributed by atoms with van der Waals surface area (Å²) in [7, 11) is 3.24. The van der Waals surface area contributed by atoms with Crippen LogP contribution in [0.4, 0.5) is 0 Å². The van der Waals surface area contributed by atoms with E-state index in [1.165, 1.54) is 0 Å². The van der Waals surface area contributed by atoms with Gasteiger partial charge in [-0.15, -0.1) is 0 Å². The van der Waals surface area contributed by atoms with Gasteiger partial charge in [0, 0.05) is 12.1 Å². The number of rotatable bonds is 7. The Labute approximate surface area is 153 Å². The summed E-state index contributed by atoms with van der Waals surface area (Å²) >= 11 is 0. The summed E-state index contributed by atoms with van der Waals surface area (Å²) in [5.74, 6) is 2.61. The van der Waals surface area contributed by atoms with Crippen molar-refractivity contribution in [1.82, 2.24) is 5.32 Å². The Morgan fingerprint density at radius 1 is 1.00 bits per heavy atom. The summed E-state index contributed by atoms with van der Waals surface area (Å²) in [4.78, 5) is 12.3. The molecular weight excluding hydrogens is 334 g/mol. The molecule has 0 aromatic heterocycles. The molecule has 0 spiro atoms. The molecule has 2 aromatic rings.